The first-order valence-electron chi connectivity index (χ1n) is 6.13. The molecule has 0 radical (unpaired) electrons. The minimum absolute atomic E-state index is 0.0500. The van der Waals surface area contributed by atoms with E-state index in [9.17, 15) is 9.18 Å². The van der Waals surface area contributed by atoms with Crippen molar-refractivity contribution in [1.82, 2.24) is 14.5 Å². The maximum atomic E-state index is 14.1. The highest BCUT2D eigenvalue weighted by Gasteiger charge is 2.18. The van der Waals surface area contributed by atoms with Gasteiger partial charge in [0, 0.05) is 6.07 Å². The van der Waals surface area contributed by atoms with Crippen molar-refractivity contribution in [1.29, 1.82) is 5.26 Å². The summed E-state index contributed by atoms with van der Waals surface area (Å²) >= 11 is 0. The largest absolute Gasteiger partial charge is 0.492 e. The van der Waals surface area contributed by atoms with Gasteiger partial charge in [0.15, 0.2) is 11.6 Å². The van der Waals surface area contributed by atoms with E-state index in [1.807, 2.05) is 6.07 Å². The van der Waals surface area contributed by atoms with Crippen LogP contribution < -0.4 is 15.3 Å². The van der Waals surface area contributed by atoms with Gasteiger partial charge in [0.05, 0.1) is 12.2 Å². The summed E-state index contributed by atoms with van der Waals surface area (Å²) in [7, 11) is 1.31. The van der Waals surface area contributed by atoms with E-state index in [4.69, 9.17) is 14.8 Å². The predicted octanol–water partition coefficient (Wildman–Crippen LogP) is 0.810. The van der Waals surface area contributed by atoms with Gasteiger partial charge in [-0.2, -0.15) is 9.94 Å². The zero-order valence-corrected chi connectivity index (χ0v) is 11.8. The normalized spacial score (nSPS) is 10.2. The summed E-state index contributed by atoms with van der Waals surface area (Å²) in [5, 5.41) is 12.9. The second kappa shape index (κ2) is 5.66. The lowest BCUT2D eigenvalue weighted by atomic mass is 10.2. The van der Waals surface area contributed by atoms with Crippen LogP contribution >= 0.6 is 0 Å². The van der Waals surface area contributed by atoms with Crippen molar-refractivity contribution in [2.75, 3.05) is 13.7 Å². The van der Waals surface area contributed by atoms with Gasteiger partial charge in [-0.25, -0.2) is 9.18 Å². The molecule has 0 spiro atoms. The number of halogens is 1. The van der Waals surface area contributed by atoms with Gasteiger partial charge in [-0.15, -0.1) is 9.83 Å². The Morgan fingerprint density at radius 3 is 2.71 bits per heavy atom. The fourth-order valence-corrected chi connectivity index (χ4v) is 1.89. The molecule has 0 atom stereocenters. The first-order chi connectivity index (χ1) is 10.0. The summed E-state index contributed by atoms with van der Waals surface area (Å²) < 4.78 is 21.2. The lowest BCUT2D eigenvalue weighted by Crippen LogP contribution is -2.28. The number of hydrogen-bond donors (Lipinski definition) is 0. The third-order valence-corrected chi connectivity index (χ3v) is 2.77. The number of aryl methyl sites for hydroxylation is 1. The summed E-state index contributed by atoms with van der Waals surface area (Å²) in [5.74, 6) is -0.296. The number of nitriles is 1. The van der Waals surface area contributed by atoms with Gasteiger partial charge < -0.3 is 9.57 Å². The van der Waals surface area contributed by atoms with Crippen LogP contribution in [0.3, 0.4) is 0 Å². The van der Waals surface area contributed by atoms with Crippen LogP contribution in [0.25, 0.3) is 5.69 Å². The Morgan fingerprint density at radius 1 is 1.48 bits per heavy atom. The van der Waals surface area contributed by atoms with Crippen molar-refractivity contribution in [3.63, 3.8) is 0 Å². The van der Waals surface area contributed by atoms with Crippen LogP contribution in [0.4, 0.5) is 4.39 Å². The van der Waals surface area contributed by atoms with Crippen molar-refractivity contribution in [2.45, 2.75) is 13.8 Å². The first kappa shape index (κ1) is 14.6. The highest BCUT2D eigenvalue weighted by Crippen LogP contribution is 2.24. The zero-order chi connectivity index (χ0) is 15.6. The lowest BCUT2D eigenvalue weighted by molar-refractivity contribution is 0.151. The fraction of sp³-hybridized carbons (Fsp3) is 0.308. The van der Waals surface area contributed by atoms with E-state index >= 15 is 0 Å². The van der Waals surface area contributed by atoms with Gasteiger partial charge in [0.1, 0.15) is 24.6 Å². The Labute approximate surface area is 119 Å². The summed E-state index contributed by atoms with van der Waals surface area (Å²) in [6.07, 6.45) is 0. The van der Waals surface area contributed by atoms with Crippen molar-refractivity contribution in [3.8, 4) is 17.5 Å². The van der Waals surface area contributed by atoms with Crippen molar-refractivity contribution in [2.24, 2.45) is 0 Å². The Balaban J connectivity index is 2.67. The monoisotopic (exact) mass is 292 g/mol. The minimum atomic E-state index is -0.752. The minimum Gasteiger partial charge on any atom is -0.492 e. The SMILES string of the molecule is CCOc1cc(-n2nc(C)n(OC)c2=O)c(F)cc1C#N. The highest BCUT2D eigenvalue weighted by molar-refractivity contribution is 5.50. The van der Waals surface area contributed by atoms with Crippen LogP contribution in [0.5, 0.6) is 5.75 Å². The first-order valence-corrected chi connectivity index (χ1v) is 6.13. The maximum Gasteiger partial charge on any atom is 0.384 e. The molecule has 1 aromatic carbocycles. The van der Waals surface area contributed by atoms with E-state index < -0.39 is 11.5 Å². The average molecular weight is 292 g/mol. The zero-order valence-electron chi connectivity index (χ0n) is 11.8. The molecule has 8 heteroatoms. The van der Waals surface area contributed by atoms with Crippen LogP contribution in [0.15, 0.2) is 16.9 Å². The quantitative estimate of drug-likeness (QED) is 0.833. The molecule has 0 fully saturated rings. The standard InChI is InChI=1S/C13H13FN4O3/c1-4-21-12-6-11(10(14)5-9(12)7-15)17-13(19)18(20-3)8(2)16-17/h5-6H,4H2,1-3H3. The van der Waals surface area contributed by atoms with E-state index in [1.165, 1.54) is 13.2 Å². The lowest BCUT2D eigenvalue weighted by Gasteiger charge is -2.08. The molecule has 0 saturated heterocycles. The van der Waals surface area contributed by atoms with Crippen LogP contribution in [0.2, 0.25) is 0 Å². The molecule has 21 heavy (non-hydrogen) atoms. The number of hydrogen-bond acceptors (Lipinski definition) is 5. The molecular formula is C13H13FN4O3. The predicted molar refractivity (Wildman–Crippen MR) is 70.9 cm³/mol. The Morgan fingerprint density at radius 2 is 2.19 bits per heavy atom. The number of aromatic nitrogens is 3. The molecule has 7 nitrogen and oxygen atoms in total. The van der Waals surface area contributed by atoms with Crippen LogP contribution in [-0.4, -0.2) is 28.2 Å². The molecule has 0 bridgehead atoms. The molecule has 0 amide bonds. The molecule has 0 unspecified atom stereocenters. The van der Waals surface area contributed by atoms with E-state index in [-0.39, 0.29) is 22.8 Å². The smallest absolute Gasteiger partial charge is 0.384 e. The fourth-order valence-electron chi connectivity index (χ4n) is 1.89. The van der Waals surface area contributed by atoms with Crippen LogP contribution in [-0.2, 0) is 0 Å². The van der Waals surface area contributed by atoms with Gasteiger partial charge in [0.2, 0.25) is 0 Å². The molecule has 0 N–H and O–H groups in total. The number of ether oxygens (including phenoxy) is 1. The van der Waals surface area contributed by atoms with Gasteiger partial charge in [-0.05, 0) is 19.9 Å². The molecule has 0 aliphatic rings. The second-order valence-corrected chi connectivity index (χ2v) is 4.06. The van der Waals surface area contributed by atoms with Crippen molar-refractivity contribution >= 4 is 0 Å². The second-order valence-electron chi connectivity index (χ2n) is 4.06. The van der Waals surface area contributed by atoms with Gasteiger partial charge in [-0.3, -0.25) is 0 Å². The topological polar surface area (TPSA) is 82.1 Å². The number of rotatable bonds is 4. The third kappa shape index (κ3) is 2.45. The molecule has 0 aliphatic carbocycles. The van der Waals surface area contributed by atoms with E-state index in [0.717, 1.165) is 15.5 Å². The number of nitrogens with zero attached hydrogens (tertiary/aromatic N) is 4. The number of benzene rings is 1. The van der Waals surface area contributed by atoms with Crippen LogP contribution in [0.1, 0.15) is 18.3 Å². The van der Waals surface area contributed by atoms with E-state index in [0.29, 0.717) is 6.61 Å². The molecular weight excluding hydrogens is 279 g/mol. The maximum absolute atomic E-state index is 14.1. The average Bonchev–Trinajstić information content (AvgIpc) is 2.75. The van der Waals surface area contributed by atoms with E-state index in [2.05, 4.69) is 5.10 Å². The Kier molecular flexibility index (Phi) is 3.93. The van der Waals surface area contributed by atoms with Crippen molar-refractivity contribution < 1.29 is 14.0 Å². The summed E-state index contributed by atoms with van der Waals surface area (Å²) in [6, 6.07) is 4.12. The Bertz CT molecular complexity index is 773. The summed E-state index contributed by atoms with van der Waals surface area (Å²) in [6.45, 7) is 3.59. The van der Waals surface area contributed by atoms with Crippen molar-refractivity contribution in [3.05, 3.63) is 39.8 Å². The van der Waals surface area contributed by atoms with Gasteiger partial charge >= 0.3 is 5.69 Å². The molecule has 1 aromatic heterocycles. The molecule has 0 saturated carbocycles. The summed E-state index contributed by atoms with van der Waals surface area (Å²) in [4.78, 5) is 16.9. The highest BCUT2D eigenvalue weighted by atomic mass is 19.1. The molecule has 110 valence electrons. The van der Waals surface area contributed by atoms with Gasteiger partial charge in [0.25, 0.3) is 0 Å². The molecule has 2 rings (SSSR count). The third-order valence-electron chi connectivity index (χ3n) is 2.77. The van der Waals surface area contributed by atoms with Gasteiger partial charge in [-0.1, -0.05) is 0 Å². The summed E-state index contributed by atoms with van der Waals surface area (Å²) in [5.41, 5.74) is -0.712. The molecule has 1 heterocycles. The van der Waals surface area contributed by atoms with Crippen LogP contribution in [0, 0.1) is 24.1 Å². The molecule has 2 aromatic rings. The van der Waals surface area contributed by atoms with E-state index in [1.54, 1.807) is 13.8 Å². The molecule has 0 aliphatic heterocycles. The Hall–Kier alpha value is -2.82.